The van der Waals surface area contributed by atoms with Gasteiger partial charge in [-0.2, -0.15) is 0 Å². The lowest BCUT2D eigenvalue weighted by Crippen LogP contribution is -2.20. The van der Waals surface area contributed by atoms with Crippen LogP contribution in [0.3, 0.4) is 0 Å². The molecule has 4 aromatic rings. The van der Waals surface area contributed by atoms with Crippen LogP contribution in [0.2, 0.25) is 0 Å². The summed E-state index contributed by atoms with van der Waals surface area (Å²) in [5, 5.41) is 35.2. The summed E-state index contributed by atoms with van der Waals surface area (Å²) in [6, 6.07) is 18.3. The number of carbonyl (C=O) groups is 2. The molecule has 1 saturated carbocycles. The number of carbonyl (C=O) groups excluding carboxylic acids is 2. The van der Waals surface area contributed by atoms with Crippen LogP contribution in [0.25, 0.3) is 0 Å². The zero-order valence-corrected chi connectivity index (χ0v) is 20.8. The Morgan fingerprint density at radius 2 is 1.39 bits per heavy atom. The van der Waals surface area contributed by atoms with E-state index in [1.807, 2.05) is 36.4 Å². The van der Waals surface area contributed by atoms with Crippen LogP contribution in [-0.2, 0) is 16.0 Å². The van der Waals surface area contributed by atoms with Gasteiger partial charge in [-0.1, -0.05) is 83.3 Å². The number of hydrogen-bond acceptors (Lipinski definition) is 9. The third-order valence-electron chi connectivity index (χ3n) is 6.06. The first-order valence-corrected chi connectivity index (χ1v) is 13.2. The van der Waals surface area contributed by atoms with Gasteiger partial charge in [0.25, 0.3) is 5.91 Å². The number of aromatic nitrogens is 4. The van der Waals surface area contributed by atoms with Crippen molar-refractivity contribution in [2.75, 3.05) is 10.6 Å². The number of aliphatic hydroxyl groups is 1. The van der Waals surface area contributed by atoms with Crippen molar-refractivity contribution in [2.24, 2.45) is 0 Å². The lowest BCUT2D eigenvalue weighted by atomic mass is 10.1. The number of benzene rings is 2. The maximum absolute atomic E-state index is 12.4. The molecule has 2 heterocycles. The van der Waals surface area contributed by atoms with E-state index in [-0.39, 0.29) is 17.7 Å². The molecule has 1 aliphatic carbocycles. The van der Waals surface area contributed by atoms with E-state index in [1.54, 1.807) is 24.3 Å². The number of nitrogens with zero attached hydrogens (tertiary/aromatic N) is 4. The summed E-state index contributed by atoms with van der Waals surface area (Å²) in [4.78, 5) is 24.7. The van der Waals surface area contributed by atoms with E-state index in [4.69, 9.17) is 0 Å². The fourth-order valence-electron chi connectivity index (χ4n) is 4.24. The van der Waals surface area contributed by atoms with Crippen molar-refractivity contribution in [1.29, 1.82) is 0 Å². The highest BCUT2D eigenvalue weighted by atomic mass is 32.1. The fraction of sp³-hybridized carbons (Fsp3) is 0.280. The third-order valence-corrected chi connectivity index (χ3v) is 8.06. The van der Waals surface area contributed by atoms with Crippen LogP contribution in [0.1, 0.15) is 58.3 Å². The number of hydrogen-bond donors (Lipinski definition) is 3. The molecule has 0 saturated heterocycles. The van der Waals surface area contributed by atoms with Gasteiger partial charge in [0.15, 0.2) is 6.10 Å². The number of anilines is 2. The predicted octanol–water partition coefficient (Wildman–Crippen LogP) is 4.29. The van der Waals surface area contributed by atoms with E-state index in [2.05, 4.69) is 31.0 Å². The average Bonchev–Trinajstić information content (AvgIpc) is 3.65. The molecule has 3 N–H and O–H groups in total. The monoisotopic (exact) mass is 520 g/mol. The molecule has 1 fully saturated rings. The number of aliphatic hydroxyl groups excluding tert-OH is 1. The molecule has 0 spiro atoms. The van der Waals surface area contributed by atoms with E-state index >= 15 is 0 Å². The number of amides is 2. The van der Waals surface area contributed by atoms with E-state index in [0.717, 1.165) is 34.8 Å². The van der Waals surface area contributed by atoms with Crippen LogP contribution < -0.4 is 10.6 Å². The Kier molecular flexibility index (Phi) is 7.40. The predicted molar refractivity (Wildman–Crippen MR) is 138 cm³/mol. The quantitative estimate of drug-likeness (QED) is 0.316. The van der Waals surface area contributed by atoms with Crippen LogP contribution >= 0.6 is 22.7 Å². The molecule has 0 unspecified atom stereocenters. The highest BCUT2D eigenvalue weighted by Gasteiger charge is 2.32. The summed E-state index contributed by atoms with van der Waals surface area (Å²) in [5.41, 5.74) is 1.46. The van der Waals surface area contributed by atoms with Crippen molar-refractivity contribution < 1.29 is 14.7 Å². The van der Waals surface area contributed by atoms with E-state index in [0.29, 0.717) is 22.2 Å². The zero-order valence-electron chi connectivity index (χ0n) is 19.2. The molecule has 36 heavy (non-hydrogen) atoms. The molecule has 1 aliphatic rings. The van der Waals surface area contributed by atoms with Gasteiger partial charge in [0, 0.05) is 11.8 Å². The molecule has 0 aliphatic heterocycles. The van der Waals surface area contributed by atoms with Crippen molar-refractivity contribution in [3.63, 3.8) is 0 Å². The zero-order chi connectivity index (χ0) is 24.9. The molecular formula is C25H24N6O3S2. The Morgan fingerprint density at radius 1 is 0.833 bits per heavy atom. The van der Waals surface area contributed by atoms with Crippen molar-refractivity contribution >= 4 is 44.8 Å². The second kappa shape index (κ2) is 11.0. The Bertz CT molecular complexity index is 1330. The van der Waals surface area contributed by atoms with Crippen molar-refractivity contribution in [3.05, 3.63) is 81.8 Å². The SMILES string of the molecule is O=C(Cc1ccccc1)Nc1nnc([C@H]2CC[C@H](c3nnc(NC(=O)[C@@H](O)c4ccccc4)s3)C2)s1. The smallest absolute Gasteiger partial charge is 0.259 e. The summed E-state index contributed by atoms with van der Waals surface area (Å²) in [6.07, 6.45) is 1.73. The minimum absolute atomic E-state index is 0.117. The standard InChI is InChI=1S/C25H24N6O3S2/c32-19(13-15-7-3-1-4-8-15)26-24-30-28-22(35-24)17-11-12-18(14-17)23-29-31-25(36-23)27-21(34)20(33)16-9-5-2-6-10-16/h1-10,17-18,20,33H,11-14H2,(H,26,30,32)(H,27,31,34)/t17-,18-,20-/m0/s1. The second-order valence-electron chi connectivity index (χ2n) is 8.61. The highest BCUT2D eigenvalue weighted by molar-refractivity contribution is 7.15. The molecule has 5 rings (SSSR count). The third kappa shape index (κ3) is 5.81. The molecule has 184 valence electrons. The lowest BCUT2D eigenvalue weighted by Gasteiger charge is -2.09. The van der Waals surface area contributed by atoms with E-state index in [1.165, 1.54) is 22.7 Å². The summed E-state index contributed by atoms with van der Waals surface area (Å²) in [7, 11) is 0. The molecule has 11 heteroatoms. The first kappa shape index (κ1) is 24.2. The first-order valence-electron chi connectivity index (χ1n) is 11.6. The fourth-order valence-corrected chi connectivity index (χ4v) is 6.04. The average molecular weight is 521 g/mol. The molecule has 2 amide bonds. The largest absolute Gasteiger partial charge is 0.378 e. The van der Waals surface area contributed by atoms with Gasteiger partial charge >= 0.3 is 0 Å². The second-order valence-corrected chi connectivity index (χ2v) is 10.6. The highest BCUT2D eigenvalue weighted by Crippen LogP contribution is 2.45. The summed E-state index contributed by atoms with van der Waals surface area (Å²) < 4.78 is 0. The van der Waals surface area contributed by atoms with Gasteiger partial charge in [-0.05, 0) is 30.4 Å². The minimum Gasteiger partial charge on any atom is -0.378 e. The van der Waals surface area contributed by atoms with Gasteiger partial charge in [-0.3, -0.25) is 14.9 Å². The maximum atomic E-state index is 12.4. The lowest BCUT2D eigenvalue weighted by molar-refractivity contribution is -0.124. The van der Waals surface area contributed by atoms with E-state index in [9.17, 15) is 14.7 Å². The number of rotatable bonds is 8. The van der Waals surface area contributed by atoms with E-state index < -0.39 is 12.0 Å². The molecule has 0 bridgehead atoms. The molecule has 2 aromatic heterocycles. The van der Waals surface area contributed by atoms with Crippen LogP contribution in [-0.4, -0.2) is 37.3 Å². The van der Waals surface area contributed by atoms with Gasteiger partial charge in [-0.25, -0.2) is 0 Å². The summed E-state index contributed by atoms with van der Waals surface area (Å²) >= 11 is 2.74. The van der Waals surface area contributed by atoms with Gasteiger partial charge in [0.05, 0.1) is 6.42 Å². The maximum Gasteiger partial charge on any atom is 0.259 e. The number of nitrogens with one attached hydrogen (secondary N) is 2. The molecule has 9 nitrogen and oxygen atoms in total. The van der Waals surface area contributed by atoms with Crippen LogP contribution in [0.4, 0.5) is 10.3 Å². The normalized spacial score (nSPS) is 18.0. The Labute approximate surface area is 215 Å². The van der Waals surface area contributed by atoms with Gasteiger partial charge < -0.3 is 10.4 Å². The van der Waals surface area contributed by atoms with Gasteiger partial charge in [0.1, 0.15) is 10.0 Å². The first-order chi connectivity index (χ1) is 17.5. The summed E-state index contributed by atoms with van der Waals surface area (Å²) in [6.45, 7) is 0. The van der Waals surface area contributed by atoms with Gasteiger partial charge in [0.2, 0.25) is 16.2 Å². The molecule has 3 atom stereocenters. The summed E-state index contributed by atoms with van der Waals surface area (Å²) in [5.74, 6) is -0.218. The van der Waals surface area contributed by atoms with Crippen LogP contribution in [0.5, 0.6) is 0 Å². The molecule has 2 aromatic carbocycles. The Morgan fingerprint density at radius 3 is 2.00 bits per heavy atom. The molecule has 0 radical (unpaired) electrons. The van der Waals surface area contributed by atoms with Crippen molar-refractivity contribution in [3.8, 4) is 0 Å². The van der Waals surface area contributed by atoms with Crippen LogP contribution in [0.15, 0.2) is 60.7 Å². The van der Waals surface area contributed by atoms with Crippen molar-refractivity contribution in [2.45, 2.75) is 43.6 Å². The topological polar surface area (TPSA) is 130 Å². The Hall–Kier alpha value is -3.54. The van der Waals surface area contributed by atoms with Crippen molar-refractivity contribution in [1.82, 2.24) is 20.4 Å². The van der Waals surface area contributed by atoms with Gasteiger partial charge in [-0.15, -0.1) is 20.4 Å². The minimum atomic E-state index is -1.27. The van der Waals surface area contributed by atoms with Crippen LogP contribution in [0, 0.1) is 0 Å². The molecular weight excluding hydrogens is 496 g/mol. The Balaban J connectivity index is 1.14.